The van der Waals surface area contributed by atoms with Crippen LogP contribution in [0.3, 0.4) is 0 Å². The minimum absolute atomic E-state index is 0.538. The Morgan fingerprint density at radius 1 is 1.16 bits per heavy atom. The molecule has 0 saturated heterocycles. The molecule has 1 N–H and O–H groups in total. The summed E-state index contributed by atoms with van der Waals surface area (Å²) in [5.74, 6) is 1.64. The van der Waals surface area contributed by atoms with Gasteiger partial charge in [0.1, 0.15) is 24.3 Å². The molecule has 0 amide bonds. The van der Waals surface area contributed by atoms with Crippen LogP contribution < -0.4 is 4.74 Å². The Morgan fingerprint density at radius 2 is 1.96 bits per heavy atom. The van der Waals surface area contributed by atoms with E-state index < -0.39 is 6.10 Å². The second kappa shape index (κ2) is 7.70. The molecule has 1 heterocycles. The van der Waals surface area contributed by atoms with Gasteiger partial charge in [-0.05, 0) is 44.0 Å². The van der Waals surface area contributed by atoms with Crippen molar-refractivity contribution in [1.82, 2.24) is 9.55 Å². The van der Waals surface area contributed by atoms with Gasteiger partial charge in [-0.3, -0.25) is 0 Å². The molecule has 0 aliphatic carbocycles. The molecule has 4 heteroatoms. The first-order valence-electron chi connectivity index (χ1n) is 8.93. The molecule has 0 fully saturated rings. The van der Waals surface area contributed by atoms with Gasteiger partial charge in [0.2, 0.25) is 0 Å². The Balaban J connectivity index is 1.81. The lowest BCUT2D eigenvalue weighted by Crippen LogP contribution is -2.14. The van der Waals surface area contributed by atoms with Crippen molar-refractivity contribution >= 4 is 11.0 Å². The maximum atomic E-state index is 10.5. The van der Waals surface area contributed by atoms with Crippen molar-refractivity contribution in [2.45, 2.75) is 46.3 Å². The number of fused-ring (bicyclic) bond motifs is 1. The van der Waals surface area contributed by atoms with Gasteiger partial charge in [-0.2, -0.15) is 0 Å². The smallest absolute Gasteiger partial charge is 0.138 e. The van der Waals surface area contributed by atoms with E-state index in [1.807, 2.05) is 30.3 Å². The zero-order chi connectivity index (χ0) is 17.8. The van der Waals surface area contributed by atoms with Gasteiger partial charge in [-0.15, -0.1) is 0 Å². The largest absolute Gasteiger partial charge is 0.491 e. The minimum Gasteiger partial charge on any atom is -0.491 e. The number of aromatic nitrogens is 2. The quantitative estimate of drug-likeness (QED) is 0.687. The van der Waals surface area contributed by atoms with Crippen molar-refractivity contribution in [1.29, 1.82) is 0 Å². The van der Waals surface area contributed by atoms with E-state index >= 15 is 0 Å². The van der Waals surface area contributed by atoms with Crippen molar-refractivity contribution in [3.63, 3.8) is 0 Å². The summed E-state index contributed by atoms with van der Waals surface area (Å²) in [5, 5.41) is 10.5. The number of nitrogens with zero attached hydrogens (tertiary/aromatic N) is 2. The Morgan fingerprint density at radius 3 is 2.72 bits per heavy atom. The lowest BCUT2D eigenvalue weighted by Gasteiger charge is -2.15. The van der Waals surface area contributed by atoms with E-state index in [1.165, 1.54) is 5.56 Å². The van der Waals surface area contributed by atoms with Gasteiger partial charge in [0.15, 0.2) is 0 Å². The molecule has 4 nitrogen and oxygen atoms in total. The van der Waals surface area contributed by atoms with Crippen LogP contribution in [0.25, 0.3) is 11.0 Å². The molecule has 0 saturated carbocycles. The molecule has 0 radical (unpaired) electrons. The molecule has 2 aromatic carbocycles. The van der Waals surface area contributed by atoms with E-state index in [0.29, 0.717) is 19.6 Å². The average Bonchev–Trinajstić information content (AvgIpc) is 2.96. The van der Waals surface area contributed by atoms with Gasteiger partial charge in [0.05, 0.1) is 17.6 Å². The predicted molar refractivity (Wildman–Crippen MR) is 101 cm³/mol. The van der Waals surface area contributed by atoms with Crippen LogP contribution in [0.1, 0.15) is 42.8 Å². The normalized spacial score (nSPS) is 12.5. The first-order chi connectivity index (χ1) is 12.1. The first kappa shape index (κ1) is 17.5. The lowest BCUT2D eigenvalue weighted by atomic mass is 10.1. The molecule has 0 unspecified atom stereocenters. The number of hydrogen-bond acceptors (Lipinski definition) is 3. The van der Waals surface area contributed by atoms with E-state index in [9.17, 15) is 5.11 Å². The van der Waals surface area contributed by atoms with Gasteiger partial charge in [0.25, 0.3) is 0 Å². The second-order valence-electron chi connectivity index (χ2n) is 6.53. The van der Waals surface area contributed by atoms with E-state index in [-0.39, 0.29) is 0 Å². The Hall–Kier alpha value is -2.33. The summed E-state index contributed by atoms with van der Waals surface area (Å²) in [7, 11) is 0. The highest BCUT2D eigenvalue weighted by Gasteiger charge is 2.17. The van der Waals surface area contributed by atoms with Gasteiger partial charge in [0, 0.05) is 0 Å². The summed E-state index contributed by atoms with van der Waals surface area (Å²) < 4.78 is 8.06. The summed E-state index contributed by atoms with van der Waals surface area (Å²) in [6.45, 7) is 7.40. The average molecular weight is 338 g/mol. The zero-order valence-electron chi connectivity index (χ0n) is 15.2. The summed E-state index contributed by atoms with van der Waals surface area (Å²) in [5.41, 5.74) is 4.33. The highest BCUT2D eigenvalue weighted by atomic mass is 16.5. The highest BCUT2D eigenvalue weighted by molar-refractivity contribution is 5.76. The third kappa shape index (κ3) is 3.85. The number of ether oxygens (including phenoxy) is 1. The Bertz CT molecular complexity index is 854. The number of imidazole rings is 1. The zero-order valence-corrected chi connectivity index (χ0v) is 15.2. The molecule has 1 atom stereocenters. The topological polar surface area (TPSA) is 47.3 Å². The van der Waals surface area contributed by atoms with Crippen LogP contribution in [-0.4, -0.2) is 21.3 Å². The molecule has 25 heavy (non-hydrogen) atoms. The fraction of sp³-hybridized carbons (Fsp3) is 0.381. The number of aliphatic hydroxyl groups excluding tert-OH is 1. The molecular weight excluding hydrogens is 312 g/mol. The van der Waals surface area contributed by atoms with Crippen LogP contribution in [0, 0.1) is 13.8 Å². The summed E-state index contributed by atoms with van der Waals surface area (Å²) >= 11 is 0. The fourth-order valence-electron chi connectivity index (χ4n) is 3.19. The number of aliphatic hydroxyl groups is 1. The van der Waals surface area contributed by atoms with Crippen LogP contribution in [0.5, 0.6) is 5.75 Å². The van der Waals surface area contributed by atoms with E-state index in [0.717, 1.165) is 34.6 Å². The van der Waals surface area contributed by atoms with E-state index in [4.69, 9.17) is 4.74 Å². The van der Waals surface area contributed by atoms with Crippen LogP contribution in [0.4, 0.5) is 0 Å². The van der Waals surface area contributed by atoms with Gasteiger partial charge >= 0.3 is 0 Å². The SMILES string of the molecule is CCC[C@H](O)c1nc2ccccc2n1CCOc1ccc(C)cc1C. The summed E-state index contributed by atoms with van der Waals surface area (Å²) in [4.78, 5) is 4.64. The highest BCUT2D eigenvalue weighted by Crippen LogP contribution is 2.24. The Kier molecular flexibility index (Phi) is 5.39. The number of para-hydroxylation sites is 2. The predicted octanol–water partition coefficient (Wildman–Crippen LogP) is 4.57. The maximum absolute atomic E-state index is 10.5. The number of aryl methyl sites for hydroxylation is 2. The van der Waals surface area contributed by atoms with Crippen molar-refractivity contribution in [2.24, 2.45) is 0 Å². The van der Waals surface area contributed by atoms with Gasteiger partial charge in [-0.1, -0.05) is 43.2 Å². The number of rotatable bonds is 7. The maximum Gasteiger partial charge on any atom is 0.138 e. The summed E-state index contributed by atoms with van der Waals surface area (Å²) in [6, 6.07) is 14.2. The molecular formula is C21H26N2O2. The first-order valence-corrected chi connectivity index (χ1v) is 8.93. The number of hydrogen-bond donors (Lipinski definition) is 1. The van der Waals surface area contributed by atoms with Crippen molar-refractivity contribution in [2.75, 3.05) is 6.61 Å². The standard InChI is InChI=1S/C21H26N2O2/c1-4-7-19(24)21-22-17-8-5-6-9-18(17)23(21)12-13-25-20-11-10-15(2)14-16(20)3/h5-6,8-11,14,19,24H,4,7,12-13H2,1-3H3/t19-/m0/s1. The van der Waals surface area contributed by atoms with Gasteiger partial charge in [-0.25, -0.2) is 4.98 Å². The van der Waals surface area contributed by atoms with Crippen LogP contribution in [0.2, 0.25) is 0 Å². The van der Waals surface area contributed by atoms with E-state index in [2.05, 4.69) is 42.5 Å². The minimum atomic E-state index is -0.543. The van der Waals surface area contributed by atoms with Crippen LogP contribution >= 0.6 is 0 Å². The molecule has 0 aliphatic heterocycles. The van der Waals surface area contributed by atoms with Crippen molar-refractivity contribution in [3.8, 4) is 5.75 Å². The lowest BCUT2D eigenvalue weighted by molar-refractivity contribution is 0.151. The molecule has 0 bridgehead atoms. The molecule has 0 aliphatic rings. The van der Waals surface area contributed by atoms with Crippen molar-refractivity contribution in [3.05, 3.63) is 59.4 Å². The third-order valence-electron chi connectivity index (χ3n) is 4.45. The monoisotopic (exact) mass is 338 g/mol. The Labute approximate surface area is 149 Å². The molecule has 3 aromatic rings. The fourth-order valence-corrected chi connectivity index (χ4v) is 3.19. The van der Waals surface area contributed by atoms with Crippen LogP contribution in [-0.2, 0) is 6.54 Å². The third-order valence-corrected chi connectivity index (χ3v) is 4.45. The molecule has 1 aromatic heterocycles. The second-order valence-corrected chi connectivity index (χ2v) is 6.53. The molecule has 3 rings (SSSR count). The molecule has 132 valence electrons. The van der Waals surface area contributed by atoms with Gasteiger partial charge < -0.3 is 14.4 Å². The van der Waals surface area contributed by atoms with Crippen LogP contribution in [0.15, 0.2) is 42.5 Å². The molecule has 0 spiro atoms. The van der Waals surface area contributed by atoms with E-state index in [1.54, 1.807) is 0 Å². The number of benzene rings is 2. The van der Waals surface area contributed by atoms with Crippen molar-refractivity contribution < 1.29 is 9.84 Å². The summed E-state index contributed by atoms with van der Waals surface area (Å²) in [6.07, 6.45) is 1.09.